The molecule has 6 aromatic heterocycles. The number of ether oxygens (including phenoxy) is 2. The van der Waals surface area contributed by atoms with Gasteiger partial charge >= 0.3 is 0 Å². The molecule has 0 saturated carbocycles. The summed E-state index contributed by atoms with van der Waals surface area (Å²) in [5.41, 5.74) is 6.77. The number of methoxy groups -OCH3 is 2. The summed E-state index contributed by atoms with van der Waals surface area (Å²) >= 11 is 3.00. The van der Waals surface area contributed by atoms with Crippen molar-refractivity contribution in [1.29, 1.82) is 0 Å². The zero-order valence-electron chi connectivity index (χ0n) is 37.0. The molecule has 8 aromatic rings. The molecule has 0 radical (unpaired) electrons. The second-order valence-corrected chi connectivity index (χ2v) is 17.0. The van der Waals surface area contributed by atoms with Crippen molar-refractivity contribution in [3.05, 3.63) is 109 Å². The molecule has 0 spiro atoms. The Bertz CT molecular complexity index is 2920. The van der Waals surface area contributed by atoms with Crippen molar-refractivity contribution in [3.8, 4) is 56.0 Å². The number of aromatic nitrogens is 8. The number of H-pyrrole nitrogens is 2. The zero-order valence-corrected chi connectivity index (χ0v) is 38.5. The van der Waals surface area contributed by atoms with Gasteiger partial charge in [0.15, 0.2) is 23.1 Å². The summed E-state index contributed by atoms with van der Waals surface area (Å²) in [6, 6.07) is 8.76. The van der Waals surface area contributed by atoms with Crippen molar-refractivity contribution in [2.75, 3.05) is 65.5 Å². The van der Waals surface area contributed by atoms with E-state index in [4.69, 9.17) is 19.7 Å². The largest absolute Gasteiger partial charge is 0.493 e. The number of halogens is 5. The molecule has 10 rings (SSSR count). The van der Waals surface area contributed by atoms with E-state index in [1.807, 2.05) is 46.3 Å². The molecule has 8 heterocycles. The maximum atomic E-state index is 14.3. The average molecular weight is 988 g/mol. The summed E-state index contributed by atoms with van der Waals surface area (Å²) in [4.78, 5) is 17.4. The first kappa shape index (κ1) is 47.4. The number of alkyl halides is 1. The minimum absolute atomic E-state index is 0.00132. The smallest absolute Gasteiger partial charge is 0.168 e. The maximum absolute atomic E-state index is 14.3. The molecule has 352 valence electrons. The number of hydrogen-bond acceptors (Lipinski definition) is 10. The molecular weight excluding hydrogens is 936 g/mol. The highest BCUT2D eigenvalue weighted by Crippen LogP contribution is 2.40. The Labute approximate surface area is 392 Å². The normalized spacial score (nSPS) is 14.8. The number of pyridine rings is 2. The molecule has 0 bridgehead atoms. The molecule has 2 aliphatic heterocycles. The molecule has 2 aliphatic rings. The van der Waals surface area contributed by atoms with Gasteiger partial charge in [-0.3, -0.25) is 9.36 Å². The number of aliphatic hydroxyl groups excluding tert-OH is 2. The van der Waals surface area contributed by atoms with Gasteiger partial charge in [-0.25, -0.2) is 27.5 Å². The van der Waals surface area contributed by atoms with Gasteiger partial charge in [0.05, 0.1) is 51.9 Å². The summed E-state index contributed by atoms with van der Waals surface area (Å²) in [5, 5.41) is 31.6. The number of β-amino-alcohol motifs (C(OH)–C–C–N with tert-alkyl or cyclic N) is 1. The first-order valence-corrected chi connectivity index (χ1v) is 23.1. The van der Waals surface area contributed by atoms with Gasteiger partial charge < -0.3 is 39.9 Å². The Morgan fingerprint density at radius 2 is 1.09 bits per heavy atom. The van der Waals surface area contributed by atoms with Crippen molar-refractivity contribution in [1.82, 2.24) is 49.7 Å². The molecule has 19 heteroatoms. The number of piperidine rings is 2. The molecule has 5 N–H and O–H groups in total. The van der Waals surface area contributed by atoms with Crippen LogP contribution in [0.2, 0.25) is 0 Å². The fourth-order valence-corrected chi connectivity index (χ4v) is 8.70. The minimum Gasteiger partial charge on any atom is -0.493 e. The van der Waals surface area contributed by atoms with E-state index in [9.17, 15) is 17.6 Å². The molecule has 2 saturated heterocycles. The SMILES string of the molecule is COc1c(F)cc(F)cc1-c1c[nH]c2ncc(-c3cnn(C4CCN(CCO)CC4)c3)cc12.COc1c(F)cc(F)cc1-c1c[nH]c2ncc(-c3cnn(C4CCNCC4)c3)cc12.OCCBr. The first-order chi connectivity index (χ1) is 32.6. The summed E-state index contributed by atoms with van der Waals surface area (Å²) in [6.45, 7) is 4.99. The predicted molar refractivity (Wildman–Crippen MR) is 252 cm³/mol. The number of nitrogens with one attached hydrogen (secondary N) is 3. The standard InChI is InChI=1S/C24H25F2N5O2.C22H21F2N5O.C2H5BrO/c1-33-23-19(9-17(25)10-22(23)26)21-13-28-24-20(21)8-15(11-27-24)16-12-29-31(14-16)18-2-4-30(5-3-18)6-7-32;1-30-21-17(7-15(23)8-20(21)24)19-11-27-22-18(19)6-13(9-26-22)14-10-28-29(12-14)16-2-4-25-5-3-16;3-1-2-4/h8-14,18,32H,2-7H2,1H3,(H,27,28);6-12,16,25H,2-5H2,1H3,(H,26,27);4H,1-2H2. The number of aromatic amines is 2. The van der Waals surface area contributed by atoms with E-state index in [0.29, 0.717) is 57.5 Å². The van der Waals surface area contributed by atoms with Crippen LogP contribution in [0.1, 0.15) is 37.8 Å². The van der Waals surface area contributed by atoms with Crippen LogP contribution in [0.3, 0.4) is 0 Å². The lowest BCUT2D eigenvalue weighted by atomic mass is 10.0. The van der Waals surface area contributed by atoms with Crippen molar-refractivity contribution in [3.63, 3.8) is 0 Å². The third kappa shape index (κ3) is 10.6. The van der Waals surface area contributed by atoms with Gasteiger partial charge in [-0.2, -0.15) is 10.2 Å². The molecule has 67 heavy (non-hydrogen) atoms. The fourth-order valence-electron chi connectivity index (χ4n) is 8.70. The molecular formula is C48H51BrF4N10O4. The number of fused-ring (bicyclic) bond motifs is 2. The monoisotopic (exact) mass is 986 g/mol. The minimum atomic E-state index is -0.753. The molecule has 0 aliphatic carbocycles. The van der Waals surface area contributed by atoms with E-state index in [1.54, 1.807) is 24.8 Å². The number of rotatable bonds is 11. The van der Waals surface area contributed by atoms with Crippen molar-refractivity contribution >= 4 is 38.0 Å². The van der Waals surface area contributed by atoms with Gasteiger partial charge in [0.2, 0.25) is 0 Å². The summed E-state index contributed by atoms with van der Waals surface area (Å²) in [7, 11) is 2.73. The highest BCUT2D eigenvalue weighted by molar-refractivity contribution is 9.09. The van der Waals surface area contributed by atoms with Crippen LogP contribution in [-0.2, 0) is 0 Å². The van der Waals surface area contributed by atoms with E-state index in [0.717, 1.165) is 97.0 Å². The maximum Gasteiger partial charge on any atom is 0.168 e. The van der Waals surface area contributed by atoms with Crippen LogP contribution < -0.4 is 14.8 Å². The first-order valence-electron chi connectivity index (χ1n) is 21.9. The number of nitrogens with zero attached hydrogens (tertiary/aromatic N) is 7. The van der Waals surface area contributed by atoms with E-state index < -0.39 is 23.3 Å². The Balaban J connectivity index is 0.000000169. The van der Waals surface area contributed by atoms with E-state index in [1.165, 1.54) is 26.4 Å². The van der Waals surface area contributed by atoms with Crippen LogP contribution in [0.5, 0.6) is 11.5 Å². The van der Waals surface area contributed by atoms with Gasteiger partial charge in [-0.1, -0.05) is 15.9 Å². The van der Waals surface area contributed by atoms with Crippen LogP contribution in [0.15, 0.2) is 86.0 Å². The lowest BCUT2D eigenvalue weighted by molar-refractivity contribution is 0.146. The third-order valence-corrected chi connectivity index (χ3v) is 12.4. The Morgan fingerprint density at radius 1 is 0.627 bits per heavy atom. The predicted octanol–water partition coefficient (Wildman–Crippen LogP) is 8.69. The van der Waals surface area contributed by atoms with E-state index in [2.05, 4.69) is 56.3 Å². The number of aliphatic hydroxyl groups is 2. The van der Waals surface area contributed by atoms with Crippen LogP contribution >= 0.6 is 15.9 Å². The highest BCUT2D eigenvalue weighted by Gasteiger charge is 2.23. The molecule has 0 amide bonds. The average Bonchev–Trinajstić information content (AvgIpc) is 4.19. The quantitative estimate of drug-likeness (QED) is 0.0625. The van der Waals surface area contributed by atoms with Gasteiger partial charge in [-0.05, 0) is 63.0 Å². The van der Waals surface area contributed by atoms with Crippen molar-refractivity contribution in [2.24, 2.45) is 0 Å². The molecule has 0 unspecified atom stereocenters. The van der Waals surface area contributed by atoms with Crippen molar-refractivity contribution < 1.29 is 37.2 Å². The van der Waals surface area contributed by atoms with Crippen molar-refractivity contribution in [2.45, 2.75) is 37.8 Å². The molecule has 0 atom stereocenters. The lowest BCUT2D eigenvalue weighted by Gasteiger charge is -2.31. The molecule has 14 nitrogen and oxygen atoms in total. The summed E-state index contributed by atoms with van der Waals surface area (Å²) in [5.74, 6) is -2.84. The highest BCUT2D eigenvalue weighted by atomic mass is 79.9. The van der Waals surface area contributed by atoms with Gasteiger partial charge in [0.25, 0.3) is 0 Å². The summed E-state index contributed by atoms with van der Waals surface area (Å²) < 4.78 is 70.8. The summed E-state index contributed by atoms with van der Waals surface area (Å²) in [6.07, 6.45) is 18.7. The van der Waals surface area contributed by atoms with E-state index >= 15 is 0 Å². The van der Waals surface area contributed by atoms with Crippen LogP contribution in [0.4, 0.5) is 17.6 Å². The Kier molecular flexibility index (Phi) is 15.3. The number of hydrogen-bond donors (Lipinski definition) is 5. The second-order valence-electron chi connectivity index (χ2n) is 16.2. The van der Waals surface area contributed by atoms with Gasteiger partial charge in [-0.15, -0.1) is 0 Å². The molecule has 2 fully saturated rings. The lowest BCUT2D eigenvalue weighted by Crippen LogP contribution is -2.36. The van der Waals surface area contributed by atoms with Crippen LogP contribution in [0, 0.1) is 23.3 Å². The van der Waals surface area contributed by atoms with Crippen LogP contribution in [-0.4, -0.2) is 120 Å². The van der Waals surface area contributed by atoms with Crippen LogP contribution in [0.25, 0.3) is 66.6 Å². The molecule has 2 aromatic carbocycles. The Hall–Kier alpha value is -6.12. The number of likely N-dealkylation sites (tertiary alicyclic amines) is 1. The van der Waals surface area contributed by atoms with Gasteiger partial charge in [0, 0.05) is 130 Å². The Morgan fingerprint density at radius 3 is 1.52 bits per heavy atom. The second kappa shape index (κ2) is 21.7. The van der Waals surface area contributed by atoms with E-state index in [-0.39, 0.29) is 24.7 Å². The fraction of sp³-hybridized carbons (Fsp3) is 0.333. The number of benzene rings is 2. The topological polar surface area (TPSA) is 167 Å². The zero-order chi connectivity index (χ0) is 47.0. The third-order valence-electron chi connectivity index (χ3n) is 12.1. The van der Waals surface area contributed by atoms with Gasteiger partial charge in [0.1, 0.15) is 22.9 Å².